The van der Waals surface area contributed by atoms with Gasteiger partial charge in [0.25, 0.3) is 0 Å². The second-order valence-corrected chi connectivity index (χ2v) is 5.49. The van der Waals surface area contributed by atoms with E-state index in [9.17, 15) is 0 Å². The third kappa shape index (κ3) is 5.35. The van der Waals surface area contributed by atoms with E-state index in [0.29, 0.717) is 0 Å². The molecule has 98 valence electrons. The molecule has 0 radical (unpaired) electrons. The molecule has 0 unspecified atom stereocenters. The van der Waals surface area contributed by atoms with E-state index in [4.69, 9.17) is 0 Å². The van der Waals surface area contributed by atoms with E-state index < -0.39 is 0 Å². The quantitative estimate of drug-likeness (QED) is 0.595. The third-order valence-electron chi connectivity index (χ3n) is 3.35. The summed E-state index contributed by atoms with van der Waals surface area (Å²) in [7, 11) is 0. The molecule has 0 N–H and O–H groups in total. The molecule has 0 spiro atoms. The highest BCUT2D eigenvalue weighted by molar-refractivity contribution is 5.31. The van der Waals surface area contributed by atoms with E-state index in [1.807, 2.05) is 0 Å². The van der Waals surface area contributed by atoms with Crippen LogP contribution in [0.3, 0.4) is 0 Å². The Labute approximate surface area is 112 Å². The zero-order valence-corrected chi connectivity index (χ0v) is 12.5. The molecule has 0 heteroatoms. The smallest absolute Gasteiger partial charge is 0.00948 e. The van der Waals surface area contributed by atoms with Crippen molar-refractivity contribution in [2.45, 2.75) is 53.9 Å². The van der Waals surface area contributed by atoms with E-state index in [1.165, 1.54) is 34.3 Å². The standard InChI is InChI=1S/C18H26/c1-14(2)7-6-8-15(3)9-11-18-12-10-16(4)17(5)13-18/h7,9-10,12-13H,6,8,11H2,1-5H3/b15-9+. The van der Waals surface area contributed by atoms with Crippen molar-refractivity contribution in [1.29, 1.82) is 0 Å². The molecular formula is C18H26. The molecule has 0 saturated carbocycles. The molecule has 0 saturated heterocycles. The first-order valence-corrected chi connectivity index (χ1v) is 6.84. The molecule has 0 bridgehead atoms. The summed E-state index contributed by atoms with van der Waals surface area (Å²) >= 11 is 0. The molecule has 1 rings (SSSR count). The summed E-state index contributed by atoms with van der Waals surface area (Å²) < 4.78 is 0. The summed E-state index contributed by atoms with van der Waals surface area (Å²) in [5, 5.41) is 0. The van der Waals surface area contributed by atoms with Gasteiger partial charge in [-0.05, 0) is 70.6 Å². The summed E-state index contributed by atoms with van der Waals surface area (Å²) in [4.78, 5) is 0. The van der Waals surface area contributed by atoms with Gasteiger partial charge < -0.3 is 0 Å². The first-order valence-electron chi connectivity index (χ1n) is 6.84. The second kappa shape index (κ2) is 7.20. The lowest BCUT2D eigenvalue weighted by molar-refractivity contribution is 0.955. The van der Waals surface area contributed by atoms with Crippen LogP contribution in [0.1, 0.15) is 50.3 Å². The lowest BCUT2D eigenvalue weighted by Crippen LogP contribution is -1.87. The Morgan fingerprint density at radius 1 is 1.00 bits per heavy atom. The van der Waals surface area contributed by atoms with Gasteiger partial charge in [0.15, 0.2) is 0 Å². The van der Waals surface area contributed by atoms with E-state index in [0.717, 1.165) is 12.8 Å². The predicted octanol–water partition coefficient (Wildman–Crippen LogP) is 5.54. The topological polar surface area (TPSA) is 0 Å². The van der Waals surface area contributed by atoms with Crippen LogP contribution in [0.15, 0.2) is 41.5 Å². The minimum atomic E-state index is 1.06. The van der Waals surface area contributed by atoms with Crippen LogP contribution in [0.25, 0.3) is 0 Å². The molecule has 0 aromatic heterocycles. The maximum Gasteiger partial charge on any atom is -0.00948 e. The van der Waals surface area contributed by atoms with Gasteiger partial charge in [0, 0.05) is 0 Å². The number of allylic oxidation sites excluding steroid dienone is 4. The van der Waals surface area contributed by atoms with E-state index in [2.05, 4.69) is 65.0 Å². The van der Waals surface area contributed by atoms with Crippen molar-refractivity contribution < 1.29 is 0 Å². The van der Waals surface area contributed by atoms with Crippen molar-refractivity contribution in [1.82, 2.24) is 0 Å². The monoisotopic (exact) mass is 242 g/mol. The molecule has 0 aliphatic carbocycles. The summed E-state index contributed by atoms with van der Waals surface area (Å²) in [5.41, 5.74) is 7.09. The molecule has 0 atom stereocenters. The molecule has 18 heavy (non-hydrogen) atoms. The van der Waals surface area contributed by atoms with Gasteiger partial charge in [0.1, 0.15) is 0 Å². The van der Waals surface area contributed by atoms with Crippen LogP contribution in [0, 0.1) is 13.8 Å². The molecule has 0 fully saturated rings. The van der Waals surface area contributed by atoms with Crippen LogP contribution >= 0.6 is 0 Å². The Morgan fingerprint density at radius 2 is 1.72 bits per heavy atom. The number of aryl methyl sites for hydroxylation is 2. The Hall–Kier alpha value is -1.30. The van der Waals surface area contributed by atoms with Gasteiger partial charge in [-0.2, -0.15) is 0 Å². The zero-order chi connectivity index (χ0) is 13.5. The molecular weight excluding hydrogens is 216 g/mol. The minimum Gasteiger partial charge on any atom is -0.0856 e. The Morgan fingerprint density at radius 3 is 2.33 bits per heavy atom. The lowest BCUT2D eigenvalue weighted by atomic mass is 10.0. The SMILES string of the molecule is CC(C)=CCC/C(C)=C/Cc1ccc(C)c(C)c1. The van der Waals surface area contributed by atoms with Crippen LogP contribution in [-0.2, 0) is 6.42 Å². The Kier molecular flexibility index (Phi) is 5.91. The fraction of sp³-hybridized carbons (Fsp3) is 0.444. The average molecular weight is 242 g/mol. The fourth-order valence-corrected chi connectivity index (χ4v) is 1.91. The van der Waals surface area contributed by atoms with Crippen LogP contribution in [0.5, 0.6) is 0 Å². The molecule has 0 heterocycles. The van der Waals surface area contributed by atoms with Crippen molar-refractivity contribution in [3.05, 3.63) is 58.2 Å². The summed E-state index contributed by atoms with van der Waals surface area (Å²) in [6.07, 6.45) is 8.08. The van der Waals surface area contributed by atoms with Gasteiger partial charge in [0.05, 0.1) is 0 Å². The highest BCUT2D eigenvalue weighted by Gasteiger charge is 1.95. The normalized spacial score (nSPS) is 11.5. The fourth-order valence-electron chi connectivity index (χ4n) is 1.91. The Balaban J connectivity index is 2.52. The van der Waals surface area contributed by atoms with Crippen LogP contribution < -0.4 is 0 Å². The first kappa shape index (κ1) is 14.8. The van der Waals surface area contributed by atoms with Crippen molar-refractivity contribution in [3.8, 4) is 0 Å². The third-order valence-corrected chi connectivity index (χ3v) is 3.35. The largest absolute Gasteiger partial charge is 0.0856 e. The molecule has 1 aromatic rings. The second-order valence-electron chi connectivity index (χ2n) is 5.49. The van der Waals surface area contributed by atoms with Gasteiger partial charge in [-0.1, -0.05) is 41.5 Å². The molecule has 0 aliphatic heterocycles. The molecule has 0 nitrogen and oxygen atoms in total. The maximum atomic E-state index is 2.36. The maximum absolute atomic E-state index is 2.36. The summed E-state index contributed by atoms with van der Waals surface area (Å²) in [6.45, 7) is 10.9. The van der Waals surface area contributed by atoms with E-state index in [1.54, 1.807) is 0 Å². The zero-order valence-electron chi connectivity index (χ0n) is 12.5. The van der Waals surface area contributed by atoms with E-state index in [-0.39, 0.29) is 0 Å². The molecule has 1 aromatic carbocycles. The van der Waals surface area contributed by atoms with Crippen LogP contribution in [-0.4, -0.2) is 0 Å². The van der Waals surface area contributed by atoms with Gasteiger partial charge in [-0.3, -0.25) is 0 Å². The summed E-state index contributed by atoms with van der Waals surface area (Å²) in [5.74, 6) is 0. The van der Waals surface area contributed by atoms with Crippen LogP contribution in [0.4, 0.5) is 0 Å². The number of hydrogen-bond donors (Lipinski definition) is 0. The highest BCUT2D eigenvalue weighted by atomic mass is 14.0. The van der Waals surface area contributed by atoms with Crippen LogP contribution in [0.2, 0.25) is 0 Å². The first-order chi connectivity index (χ1) is 8.49. The number of rotatable bonds is 5. The van der Waals surface area contributed by atoms with Crippen molar-refractivity contribution >= 4 is 0 Å². The molecule has 0 amide bonds. The Bertz CT molecular complexity index is 443. The van der Waals surface area contributed by atoms with Gasteiger partial charge in [-0.25, -0.2) is 0 Å². The lowest BCUT2D eigenvalue weighted by Gasteiger charge is -2.04. The van der Waals surface area contributed by atoms with Gasteiger partial charge in [0.2, 0.25) is 0 Å². The summed E-state index contributed by atoms with van der Waals surface area (Å²) in [6, 6.07) is 6.76. The molecule has 0 aliphatic rings. The van der Waals surface area contributed by atoms with Gasteiger partial charge in [-0.15, -0.1) is 0 Å². The number of hydrogen-bond acceptors (Lipinski definition) is 0. The average Bonchev–Trinajstić information content (AvgIpc) is 2.30. The van der Waals surface area contributed by atoms with Crippen molar-refractivity contribution in [2.75, 3.05) is 0 Å². The predicted molar refractivity (Wildman–Crippen MR) is 82.0 cm³/mol. The van der Waals surface area contributed by atoms with Crippen molar-refractivity contribution in [2.24, 2.45) is 0 Å². The van der Waals surface area contributed by atoms with E-state index >= 15 is 0 Å². The van der Waals surface area contributed by atoms with Crippen molar-refractivity contribution in [3.63, 3.8) is 0 Å². The number of benzene rings is 1. The van der Waals surface area contributed by atoms with Gasteiger partial charge >= 0.3 is 0 Å². The minimum absolute atomic E-state index is 1.06. The highest BCUT2D eigenvalue weighted by Crippen LogP contribution is 2.13.